The summed E-state index contributed by atoms with van der Waals surface area (Å²) in [5.41, 5.74) is 1.75. The third kappa shape index (κ3) is 3.81. The molecule has 0 radical (unpaired) electrons. The molecule has 32 heavy (non-hydrogen) atoms. The Labute approximate surface area is 191 Å². The first-order valence-corrected chi connectivity index (χ1v) is 12.2. The van der Waals surface area contributed by atoms with Crippen LogP contribution in [0.15, 0.2) is 40.8 Å². The highest BCUT2D eigenvalue weighted by molar-refractivity contribution is 7.09. The van der Waals surface area contributed by atoms with Crippen LogP contribution in [0.4, 0.5) is 0 Å². The Bertz CT molecular complexity index is 1020. The van der Waals surface area contributed by atoms with E-state index in [0.717, 1.165) is 42.0 Å². The number of hydrogen-bond donors (Lipinski definition) is 1. The van der Waals surface area contributed by atoms with Gasteiger partial charge in [-0.25, -0.2) is 4.98 Å². The Morgan fingerprint density at radius 1 is 1.28 bits per heavy atom. The maximum Gasteiger partial charge on any atom is 0.231 e. The van der Waals surface area contributed by atoms with Crippen molar-refractivity contribution in [1.29, 1.82) is 0 Å². The lowest BCUT2D eigenvalue weighted by Crippen LogP contribution is -2.51. The molecule has 1 saturated carbocycles. The third-order valence-electron chi connectivity index (χ3n) is 6.87. The molecule has 8 heteroatoms. The number of nitrogens with one attached hydrogen (secondary N) is 1. The summed E-state index contributed by atoms with van der Waals surface area (Å²) >= 11 is 1.57. The predicted octanol–water partition coefficient (Wildman–Crippen LogP) is 3.17. The predicted molar refractivity (Wildman–Crippen MR) is 123 cm³/mol. The Hall–Kier alpha value is -2.74. The molecule has 2 fully saturated rings. The van der Waals surface area contributed by atoms with E-state index in [4.69, 9.17) is 9.73 Å². The molecule has 1 unspecified atom stereocenters. The van der Waals surface area contributed by atoms with E-state index in [2.05, 4.69) is 10.3 Å². The van der Waals surface area contributed by atoms with Gasteiger partial charge in [-0.05, 0) is 18.9 Å². The number of aliphatic imine (C=N–C) groups is 1. The quantitative estimate of drug-likeness (QED) is 0.755. The van der Waals surface area contributed by atoms with Crippen LogP contribution in [-0.2, 0) is 16.0 Å². The summed E-state index contributed by atoms with van der Waals surface area (Å²) in [6, 6.07) is 7.36. The molecule has 1 N–H and O–H groups in total. The summed E-state index contributed by atoms with van der Waals surface area (Å²) in [7, 11) is 1.64. The van der Waals surface area contributed by atoms with E-state index in [0.29, 0.717) is 25.1 Å². The van der Waals surface area contributed by atoms with Crippen molar-refractivity contribution in [3.05, 3.63) is 46.4 Å². The first-order valence-electron chi connectivity index (χ1n) is 11.3. The molecule has 3 heterocycles. The minimum Gasteiger partial charge on any atom is -0.496 e. The lowest BCUT2D eigenvalue weighted by atomic mass is 9.85. The van der Waals surface area contributed by atoms with E-state index in [9.17, 15) is 9.59 Å². The fourth-order valence-electron chi connectivity index (χ4n) is 5.45. The second kappa shape index (κ2) is 9.02. The molecule has 1 aromatic carbocycles. The number of aromatic nitrogens is 1. The minimum absolute atomic E-state index is 0.00615. The van der Waals surface area contributed by atoms with Crippen molar-refractivity contribution in [2.75, 3.05) is 13.7 Å². The van der Waals surface area contributed by atoms with Crippen LogP contribution in [-0.4, -0.2) is 53.1 Å². The van der Waals surface area contributed by atoms with Crippen LogP contribution in [0.1, 0.15) is 48.7 Å². The second-order valence-electron chi connectivity index (χ2n) is 8.65. The second-order valence-corrected chi connectivity index (χ2v) is 9.63. The molecule has 5 rings (SSSR count). The highest BCUT2D eigenvalue weighted by Crippen LogP contribution is 2.44. The maximum atomic E-state index is 13.9. The van der Waals surface area contributed by atoms with Gasteiger partial charge in [-0.1, -0.05) is 31.0 Å². The summed E-state index contributed by atoms with van der Waals surface area (Å²) in [6.45, 7) is 0.458. The summed E-state index contributed by atoms with van der Waals surface area (Å²) in [6.07, 6.45) is 6.77. The number of benzene rings is 1. The highest BCUT2D eigenvalue weighted by atomic mass is 32.1. The molecule has 7 nitrogen and oxygen atoms in total. The number of para-hydroxylation sites is 1. The van der Waals surface area contributed by atoms with Gasteiger partial charge in [0.05, 0.1) is 36.8 Å². The molecule has 2 amide bonds. The molecular weight excluding hydrogens is 424 g/mol. The van der Waals surface area contributed by atoms with Gasteiger partial charge in [0.25, 0.3) is 0 Å². The van der Waals surface area contributed by atoms with Crippen LogP contribution in [0.3, 0.4) is 0 Å². The largest absolute Gasteiger partial charge is 0.496 e. The van der Waals surface area contributed by atoms with Crippen LogP contribution in [0.25, 0.3) is 0 Å². The van der Waals surface area contributed by atoms with Crippen LogP contribution in [0.2, 0.25) is 0 Å². The fraction of sp³-hybridized carbons (Fsp3) is 0.500. The Morgan fingerprint density at radius 2 is 2.12 bits per heavy atom. The van der Waals surface area contributed by atoms with Crippen molar-refractivity contribution in [2.45, 2.75) is 56.7 Å². The lowest BCUT2D eigenvalue weighted by Gasteiger charge is -2.42. The van der Waals surface area contributed by atoms with Gasteiger partial charge in [0.2, 0.25) is 11.8 Å². The molecule has 1 aliphatic carbocycles. The molecule has 3 aliphatic rings. The topological polar surface area (TPSA) is 83.9 Å². The normalized spacial score (nSPS) is 27.1. The van der Waals surface area contributed by atoms with Gasteiger partial charge in [-0.15, -0.1) is 11.3 Å². The van der Waals surface area contributed by atoms with Gasteiger partial charge < -0.3 is 15.0 Å². The number of carbonyl (C=O) groups is 2. The van der Waals surface area contributed by atoms with Crippen molar-refractivity contribution >= 4 is 28.9 Å². The van der Waals surface area contributed by atoms with E-state index in [1.807, 2.05) is 34.5 Å². The number of nitrogens with zero attached hydrogens (tertiary/aromatic N) is 3. The monoisotopic (exact) mass is 452 g/mol. The van der Waals surface area contributed by atoms with E-state index in [-0.39, 0.29) is 23.9 Å². The molecular formula is C24H28N4O3S. The van der Waals surface area contributed by atoms with Crippen LogP contribution >= 0.6 is 11.3 Å². The molecule has 1 aromatic heterocycles. The molecule has 168 valence electrons. The lowest BCUT2D eigenvalue weighted by molar-refractivity contribution is -0.139. The van der Waals surface area contributed by atoms with Crippen LogP contribution in [0.5, 0.6) is 5.75 Å². The van der Waals surface area contributed by atoms with Crippen molar-refractivity contribution < 1.29 is 14.3 Å². The number of methoxy groups -OCH3 is 1. The van der Waals surface area contributed by atoms with Gasteiger partial charge in [-0.2, -0.15) is 0 Å². The standard InChI is InChI=1S/C24H28N4O3S/c1-31-19-9-5-2-6-15(19)23-22-17(14-26-24(22)30)27-16-7-3-4-8-18(16)28(23)21(29)11-10-20-25-12-13-32-20/h2,5-6,9,12-13,16,18,22-23H,3-4,7-8,10-11,14H2,1H3,(H,26,30)/t16-,18-,22?,23-/m1/s1. The Balaban J connectivity index is 1.59. The third-order valence-corrected chi connectivity index (χ3v) is 7.70. The first kappa shape index (κ1) is 21.1. The molecule has 1 saturated heterocycles. The van der Waals surface area contributed by atoms with Crippen molar-refractivity contribution in [3.8, 4) is 5.75 Å². The summed E-state index contributed by atoms with van der Waals surface area (Å²) in [4.78, 5) is 38.4. The zero-order chi connectivity index (χ0) is 22.1. The number of amides is 2. The molecule has 0 bridgehead atoms. The number of aryl methyl sites for hydroxylation is 1. The average Bonchev–Trinajstić information content (AvgIpc) is 3.43. The number of fused-ring (bicyclic) bond motifs is 2. The number of hydrogen-bond acceptors (Lipinski definition) is 6. The molecule has 0 spiro atoms. The first-order chi connectivity index (χ1) is 15.7. The minimum atomic E-state index is -0.485. The van der Waals surface area contributed by atoms with Crippen LogP contribution < -0.4 is 10.1 Å². The zero-order valence-electron chi connectivity index (χ0n) is 18.2. The Morgan fingerprint density at radius 3 is 2.94 bits per heavy atom. The fourth-order valence-corrected chi connectivity index (χ4v) is 6.07. The van der Waals surface area contributed by atoms with E-state index >= 15 is 0 Å². The molecule has 2 aliphatic heterocycles. The number of carbonyl (C=O) groups excluding carboxylic acids is 2. The van der Waals surface area contributed by atoms with Gasteiger partial charge in [0.1, 0.15) is 11.7 Å². The number of ether oxygens (including phenoxy) is 1. The van der Waals surface area contributed by atoms with Crippen molar-refractivity contribution in [1.82, 2.24) is 15.2 Å². The van der Waals surface area contributed by atoms with Gasteiger partial charge in [0.15, 0.2) is 0 Å². The maximum absolute atomic E-state index is 13.9. The van der Waals surface area contributed by atoms with Crippen molar-refractivity contribution in [2.24, 2.45) is 10.9 Å². The van der Waals surface area contributed by atoms with Crippen LogP contribution in [0, 0.1) is 5.92 Å². The van der Waals surface area contributed by atoms with E-state index in [1.54, 1.807) is 24.6 Å². The van der Waals surface area contributed by atoms with Crippen molar-refractivity contribution in [3.63, 3.8) is 0 Å². The number of rotatable bonds is 5. The summed E-state index contributed by atoms with van der Waals surface area (Å²) in [5, 5.41) is 5.87. The molecule has 2 aromatic rings. The van der Waals surface area contributed by atoms with Gasteiger partial charge in [-0.3, -0.25) is 14.6 Å². The number of thiazole rings is 1. The highest BCUT2D eigenvalue weighted by Gasteiger charge is 2.50. The van der Waals surface area contributed by atoms with E-state index < -0.39 is 12.0 Å². The Kier molecular flexibility index (Phi) is 5.95. The van der Waals surface area contributed by atoms with E-state index in [1.165, 1.54) is 0 Å². The average molecular weight is 453 g/mol. The molecule has 4 atom stereocenters. The summed E-state index contributed by atoms with van der Waals surface area (Å²) in [5.74, 6) is 0.212. The smallest absolute Gasteiger partial charge is 0.231 e. The SMILES string of the molecule is COc1ccccc1[C@@H]1C2C(=O)NCC2=N[C@@H]2CCCC[C@H]2N1C(=O)CCc1nccs1. The van der Waals surface area contributed by atoms with Gasteiger partial charge in [0, 0.05) is 35.7 Å². The zero-order valence-corrected chi connectivity index (χ0v) is 19.0. The van der Waals surface area contributed by atoms with Gasteiger partial charge >= 0.3 is 0 Å². The summed E-state index contributed by atoms with van der Waals surface area (Å²) < 4.78 is 5.69.